The van der Waals surface area contributed by atoms with Gasteiger partial charge >= 0.3 is 0 Å². The summed E-state index contributed by atoms with van der Waals surface area (Å²) < 4.78 is 7.48. The van der Waals surface area contributed by atoms with Crippen molar-refractivity contribution in [2.45, 2.75) is 19.3 Å². The molecule has 0 unspecified atom stereocenters. The van der Waals surface area contributed by atoms with Crippen molar-refractivity contribution in [3.05, 3.63) is 77.6 Å². The van der Waals surface area contributed by atoms with Crippen molar-refractivity contribution in [2.24, 2.45) is 18.7 Å². The van der Waals surface area contributed by atoms with Gasteiger partial charge in [0.1, 0.15) is 11.5 Å². The largest absolute Gasteiger partial charge is 0.457 e. The Morgan fingerprint density at radius 2 is 1.77 bits per heavy atom. The molecule has 1 aliphatic heterocycles. The molecule has 0 spiro atoms. The molecule has 1 fully saturated rings. The molecule has 3 aromatic rings. The number of piperidine rings is 1. The molecule has 2 aromatic carbocycles. The van der Waals surface area contributed by atoms with Gasteiger partial charge in [-0.15, -0.1) is 0 Å². The second-order valence-electron chi connectivity index (χ2n) is 7.91. The summed E-state index contributed by atoms with van der Waals surface area (Å²) in [5.41, 5.74) is 7.31. The Morgan fingerprint density at radius 3 is 2.48 bits per heavy atom. The van der Waals surface area contributed by atoms with Gasteiger partial charge in [-0.25, -0.2) is 0 Å². The SMILES string of the molecule is Cn1cc(C(N)=O)c(CC2CCN(C(=O)c3cccc(Oc4ccccc4)c3)CC2)n1. The molecular weight excluding hydrogens is 392 g/mol. The molecule has 7 nitrogen and oxygen atoms in total. The molecule has 0 aliphatic carbocycles. The monoisotopic (exact) mass is 418 g/mol. The second kappa shape index (κ2) is 9.04. The van der Waals surface area contributed by atoms with Gasteiger partial charge in [0, 0.05) is 31.9 Å². The van der Waals surface area contributed by atoms with Crippen LogP contribution in [0, 0.1) is 5.92 Å². The topological polar surface area (TPSA) is 90.5 Å². The first-order chi connectivity index (χ1) is 15.0. The summed E-state index contributed by atoms with van der Waals surface area (Å²) in [5.74, 6) is 1.30. The highest BCUT2D eigenvalue weighted by atomic mass is 16.5. The number of carbonyl (C=O) groups is 2. The summed E-state index contributed by atoms with van der Waals surface area (Å²) in [7, 11) is 1.78. The van der Waals surface area contributed by atoms with E-state index in [1.807, 2.05) is 53.4 Å². The van der Waals surface area contributed by atoms with E-state index in [1.54, 1.807) is 24.0 Å². The van der Waals surface area contributed by atoms with E-state index in [0.29, 0.717) is 42.3 Å². The molecule has 2 heterocycles. The number of carbonyl (C=O) groups excluding carboxylic acids is 2. The van der Waals surface area contributed by atoms with Crippen molar-refractivity contribution in [1.82, 2.24) is 14.7 Å². The first-order valence-electron chi connectivity index (χ1n) is 10.4. The Balaban J connectivity index is 1.36. The lowest BCUT2D eigenvalue weighted by Crippen LogP contribution is -2.39. The maximum atomic E-state index is 13.0. The summed E-state index contributed by atoms with van der Waals surface area (Å²) in [4.78, 5) is 26.5. The van der Waals surface area contributed by atoms with Gasteiger partial charge in [-0.05, 0) is 55.5 Å². The number of ether oxygens (including phenoxy) is 1. The van der Waals surface area contributed by atoms with E-state index in [9.17, 15) is 9.59 Å². The minimum Gasteiger partial charge on any atom is -0.457 e. The fourth-order valence-electron chi connectivity index (χ4n) is 4.00. The summed E-state index contributed by atoms with van der Waals surface area (Å²) in [6.07, 6.45) is 4.09. The van der Waals surface area contributed by atoms with Crippen molar-refractivity contribution in [1.29, 1.82) is 0 Å². The molecule has 2 N–H and O–H groups in total. The predicted molar refractivity (Wildman–Crippen MR) is 117 cm³/mol. The zero-order valence-corrected chi connectivity index (χ0v) is 17.5. The molecule has 0 radical (unpaired) electrons. The number of aromatic nitrogens is 2. The van der Waals surface area contributed by atoms with Crippen molar-refractivity contribution in [3.8, 4) is 11.5 Å². The molecule has 160 valence electrons. The molecule has 7 heteroatoms. The summed E-state index contributed by atoms with van der Waals surface area (Å²) in [6.45, 7) is 1.35. The molecule has 1 aliphatic rings. The number of primary amides is 1. The molecule has 2 amide bonds. The van der Waals surface area contributed by atoms with E-state index in [0.717, 1.165) is 24.3 Å². The number of likely N-dealkylation sites (tertiary alicyclic amines) is 1. The molecule has 4 rings (SSSR count). The fraction of sp³-hybridized carbons (Fsp3) is 0.292. The lowest BCUT2D eigenvalue weighted by Gasteiger charge is -2.32. The minimum absolute atomic E-state index is 0.00706. The minimum atomic E-state index is -0.451. The van der Waals surface area contributed by atoms with Crippen molar-refractivity contribution in [3.63, 3.8) is 0 Å². The number of hydrogen-bond donors (Lipinski definition) is 1. The zero-order chi connectivity index (χ0) is 21.8. The van der Waals surface area contributed by atoms with Crippen LogP contribution in [-0.2, 0) is 13.5 Å². The third kappa shape index (κ3) is 4.94. The van der Waals surface area contributed by atoms with Crippen molar-refractivity contribution in [2.75, 3.05) is 13.1 Å². The lowest BCUT2D eigenvalue weighted by atomic mass is 9.91. The summed E-state index contributed by atoms with van der Waals surface area (Å²) in [5, 5.41) is 4.39. The number of benzene rings is 2. The fourth-order valence-corrected chi connectivity index (χ4v) is 4.00. The van der Waals surface area contributed by atoms with Crippen molar-refractivity contribution >= 4 is 11.8 Å². The van der Waals surface area contributed by atoms with Gasteiger partial charge in [0.25, 0.3) is 11.8 Å². The van der Waals surface area contributed by atoms with Crippen LogP contribution in [-0.4, -0.2) is 39.6 Å². The number of rotatable bonds is 6. The number of nitrogens with zero attached hydrogens (tertiary/aromatic N) is 3. The molecule has 0 saturated carbocycles. The van der Waals surface area contributed by atoms with Crippen LogP contribution in [0.3, 0.4) is 0 Å². The van der Waals surface area contributed by atoms with E-state index >= 15 is 0 Å². The average molecular weight is 418 g/mol. The molecule has 0 atom stereocenters. The number of para-hydroxylation sites is 1. The Hall–Kier alpha value is -3.61. The highest BCUT2D eigenvalue weighted by Gasteiger charge is 2.26. The van der Waals surface area contributed by atoms with E-state index in [2.05, 4.69) is 5.10 Å². The van der Waals surface area contributed by atoms with Crippen molar-refractivity contribution < 1.29 is 14.3 Å². The van der Waals surface area contributed by atoms with Crippen LogP contribution in [0.4, 0.5) is 0 Å². The Bertz CT molecular complexity index is 1070. The zero-order valence-electron chi connectivity index (χ0n) is 17.5. The van der Waals surface area contributed by atoms with Crippen LogP contribution in [0.25, 0.3) is 0 Å². The second-order valence-corrected chi connectivity index (χ2v) is 7.91. The van der Waals surface area contributed by atoms with Gasteiger partial charge in [-0.2, -0.15) is 5.10 Å². The van der Waals surface area contributed by atoms with Gasteiger partial charge in [0.2, 0.25) is 0 Å². The Kier molecular flexibility index (Phi) is 6.02. The van der Waals surface area contributed by atoms with Gasteiger partial charge in [-0.3, -0.25) is 14.3 Å². The number of aryl methyl sites for hydroxylation is 1. The molecule has 0 bridgehead atoms. The standard InChI is InChI=1S/C24H26N4O3/c1-27-16-21(23(25)29)22(26-27)14-17-10-12-28(13-11-17)24(30)18-6-5-9-20(15-18)31-19-7-3-2-4-8-19/h2-9,15-17H,10-14H2,1H3,(H2,25,29). The Labute approximate surface area is 181 Å². The summed E-state index contributed by atoms with van der Waals surface area (Å²) in [6, 6.07) is 16.8. The predicted octanol–water partition coefficient (Wildman–Crippen LogP) is 3.41. The summed E-state index contributed by atoms with van der Waals surface area (Å²) >= 11 is 0. The van der Waals surface area contributed by atoms with Gasteiger partial charge in [-0.1, -0.05) is 24.3 Å². The smallest absolute Gasteiger partial charge is 0.253 e. The van der Waals surface area contributed by atoms with E-state index in [4.69, 9.17) is 10.5 Å². The number of hydrogen-bond acceptors (Lipinski definition) is 4. The van der Waals surface area contributed by atoms with E-state index in [-0.39, 0.29) is 5.91 Å². The van der Waals surface area contributed by atoms with Gasteiger partial charge < -0.3 is 15.4 Å². The van der Waals surface area contributed by atoms with Crippen LogP contribution in [0.15, 0.2) is 60.8 Å². The Morgan fingerprint density at radius 1 is 1.06 bits per heavy atom. The van der Waals surface area contributed by atoms with Gasteiger partial charge in [0.15, 0.2) is 0 Å². The lowest BCUT2D eigenvalue weighted by molar-refractivity contribution is 0.0690. The van der Waals surface area contributed by atoms with Crippen LogP contribution in [0.2, 0.25) is 0 Å². The third-order valence-corrected chi connectivity index (χ3v) is 5.61. The molecular formula is C24H26N4O3. The highest BCUT2D eigenvalue weighted by molar-refractivity contribution is 5.95. The first-order valence-corrected chi connectivity index (χ1v) is 10.4. The van der Waals surface area contributed by atoms with Crippen LogP contribution in [0.1, 0.15) is 39.3 Å². The number of amides is 2. The van der Waals surface area contributed by atoms with E-state index in [1.165, 1.54) is 0 Å². The third-order valence-electron chi connectivity index (χ3n) is 5.61. The normalized spacial score (nSPS) is 14.4. The average Bonchev–Trinajstić information content (AvgIpc) is 3.15. The van der Waals surface area contributed by atoms with Crippen LogP contribution >= 0.6 is 0 Å². The van der Waals surface area contributed by atoms with Crippen LogP contribution < -0.4 is 10.5 Å². The van der Waals surface area contributed by atoms with E-state index < -0.39 is 5.91 Å². The van der Waals surface area contributed by atoms with Gasteiger partial charge in [0.05, 0.1) is 11.3 Å². The molecule has 1 aromatic heterocycles. The quantitative estimate of drug-likeness (QED) is 0.664. The maximum Gasteiger partial charge on any atom is 0.253 e. The number of nitrogens with two attached hydrogens (primary N) is 1. The maximum absolute atomic E-state index is 13.0. The molecule has 31 heavy (non-hydrogen) atoms. The first kappa shape index (κ1) is 20.7. The van der Waals surface area contributed by atoms with Crippen LogP contribution in [0.5, 0.6) is 11.5 Å². The highest BCUT2D eigenvalue weighted by Crippen LogP contribution is 2.26. The molecule has 1 saturated heterocycles.